The number of benzene rings is 2. The van der Waals surface area contributed by atoms with Crippen molar-refractivity contribution in [2.45, 2.75) is 25.6 Å². The standard InChI is InChI=1S/C24H25NO6/c1-4-31-24(28)21-19(23(27)30-3)18(22(26)29-2)20(17-13-9-6-10-14-17)25(21)15-16-11-7-5-8-12-16/h5-14,20-21H,4,15H2,1-3H3/t20-,21+/m1/s1. The molecule has 0 fully saturated rings. The minimum Gasteiger partial charge on any atom is -0.466 e. The maximum absolute atomic E-state index is 13.1. The van der Waals surface area contributed by atoms with E-state index < -0.39 is 30.0 Å². The predicted molar refractivity (Wildman–Crippen MR) is 113 cm³/mol. The quantitative estimate of drug-likeness (QED) is 0.500. The maximum Gasteiger partial charge on any atom is 0.336 e. The molecular weight excluding hydrogens is 398 g/mol. The zero-order valence-electron chi connectivity index (χ0n) is 17.7. The fraction of sp³-hybridized carbons (Fsp3) is 0.292. The van der Waals surface area contributed by atoms with Crippen LogP contribution in [0.5, 0.6) is 0 Å². The summed E-state index contributed by atoms with van der Waals surface area (Å²) >= 11 is 0. The van der Waals surface area contributed by atoms with Gasteiger partial charge in [-0.2, -0.15) is 0 Å². The fourth-order valence-corrected chi connectivity index (χ4v) is 3.88. The topological polar surface area (TPSA) is 82.1 Å². The van der Waals surface area contributed by atoms with E-state index in [9.17, 15) is 14.4 Å². The van der Waals surface area contributed by atoms with Crippen molar-refractivity contribution in [3.63, 3.8) is 0 Å². The first kappa shape index (κ1) is 22.2. The Labute approximate surface area is 181 Å². The van der Waals surface area contributed by atoms with Crippen molar-refractivity contribution in [1.82, 2.24) is 4.90 Å². The second-order valence-corrected chi connectivity index (χ2v) is 6.94. The number of carbonyl (C=O) groups is 3. The monoisotopic (exact) mass is 423 g/mol. The van der Waals surface area contributed by atoms with Gasteiger partial charge in [-0.1, -0.05) is 60.7 Å². The first-order chi connectivity index (χ1) is 15.0. The molecule has 7 heteroatoms. The molecule has 0 bridgehead atoms. The summed E-state index contributed by atoms with van der Waals surface area (Å²) in [5.74, 6) is -2.09. The summed E-state index contributed by atoms with van der Waals surface area (Å²) in [5, 5.41) is 0. The molecule has 2 aromatic carbocycles. The molecule has 0 spiro atoms. The molecular formula is C24H25NO6. The third kappa shape index (κ3) is 4.51. The molecule has 2 atom stereocenters. The van der Waals surface area contributed by atoms with Gasteiger partial charge in [0, 0.05) is 6.54 Å². The van der Waals surface area contributed by atoms with Crippen LogP contribution in [0.1, 0.15) is 24.1 Å². The average Bonchev–Trinajstić information content (AvgIpc) is 3.14. The zero-order chi connectivity index (χ0) is 22.4. The van der Waals surface area contributed by atoms with E-state index in [1.807, 2.05) is 60.7 Å². The Morgan fingerprint density at radius 2 is 1.39 bits per heavy atom. The molecule has 0 unspecified atom stereocenters. The molecule has 2 aromatic rings. The first-order valence-corrected chi connectivity index (χ1v) is 9.95. The SMILES string of the molecule is CCOC(=O)[C@@H]1C(C(=O)OC)=C(C(=O)OC)[C@@H](c2ccccc2)N1Cc1ccccc1. The van der Waals surface area contributed by atoms with Gasteiger partial charge in [0.2, 0.25) is 0 Å². The Kier molecular flexibility index (Phi) is 7.20. The van der Waals surface area contributed by atoms with Gasteiger partial charge in [-0.25, -0.2) is 14.4 Å². The summed E-state index contributed by atoms with van der Waals surface area (Å²) in [4.78, 5) is 40.5. The van der Waals surface area contributed by atoms with E-state index in [2.05, 4.69) is 0 Å². The van der Waals surface area contributed by atoms with E-state index in [1.165, 1.54) is 14.2 Å². The van der Waals surface area contributed by atoms with Gasteiger partial charge in [-0.3, -0.25) is 4.90 Å². The Morgan fingerprint density at radius 3 is 1.94 bits per heavy atom. The molecule has 7 nitrogen and oxygen atoms in total. The van der Waals surface area contributed by atoms with Crippen LogP contribution in [0.3, 0.4) is 0 Å². The Balaban J connectivity index is 2.24. The summed E-state index contributed by atoms with van der Waals surface area (Å²) in [5.41, 5.74) is 1.67. The lowest BCUT2D eigenvalue weighted by molar-refractivity contribution is -0.150. The van der Waals surface area contributed by atoms with Gasteiger partial charge in [-0.05, 0) is 18.1 Å². The van der Waals surface area contributed by atoms with Gasteiger partial charge in [-0.15, -0.1) is 0 Å². The number of ether oxygens (including phenoxy) is 3. The molecule has 162 valence electrons. The number of rotatable bonds is 7. The molecule has 0 saturated heterocycles. The van der Waals surface area contributed by atoms with E-state index in [4.69, 9.17) is 14.2 Å². The van der Waals surface area contributed by atoms with Crippen LogP contribution < -0.4 is 0 Å². The highest BCUT2D eigenvalue weighted by Crippen LogP contribution is 2.43. The summed E-state index contributed by atoms with van der Waals surface area (Å²) < 4.78 is 15.3. The number of nitrogens with zero attached hydrogens (tertiary/aromatic N) is 1. The number of hydrogen-bond acceptors (Lipinski definition) is 7. The third-order valence-electron chi connectivity index (χ3n) is 5.14. The molecule has 1 heterocycles. The third-order valence-corrected chi connectivity index (χ3v) is 5.14. The molecule has 1 aliphatic rings. The van der Waals surface area contributed by atoms with Gasteiger partial charge in [0.1, 0.15) is 6.04 Å². The van der Waals surface area contributed by atoms with Gasteiger partial charge < -0.3 is 14.2 Å². The van der Waals surface area contributed by atoms with Crippen molar-refractivity contribution >= 4 is 17.9 Å². The number of methoxy groups -OCH3 is 2. The molecule has 31 heavy (non-hydrogen) atoms. The maximum atomic E-state index is 13.1. The van der Waals surface area contributed by atoms with Crippen molar-refractivity contribution < 1.29 is 28.6 Å². The van der Waals surface area contributed by atoms with Crippen LogP contribution >= 0.6 is 0 Å². The van der Waals surface area contributed by atoms with Crippen LogP contribution in [-0.2, 0) is 35.1 Å². The van der Waals surface area contributed by atoms with E-state index in [-0.39, 0.29) is 17.8 Å². The second-order valence-electron chi connectivity index (χ2n) is 6.94. The Morgan fingerprint density at radius 1 is 0.839 bits per heavy atom. The van der Waals surface area contributed by atoms with Crippen molar-refractivity contribution in [3.05, 3.63) is 82.9 Å². The van der Waals surface area contributed by atoms with Crippen molar-refractivity contribution in [2.24, 2.45) is 0 Å². The first-order valence-electron chi connectivity index (χ1n) is 9.95. The lowest BCUT2D eigenvalue weighted by atomic mass is 9.96. The van der Waals surface area contributed by atoms with Gasteiger partial charge >= 0.3 is 17.9 Å². The van der Waals surface area contributed by atoms with Crippen molar-refractivity contribution in [1.29, 1.82) is 0 Å². The second kappa shape index (κ2) is 10.0. The van der Waals surface area contributed by atoms with Gasteiger partial charge in [0.15, 0.2) is 0 Å². The molecule has 0 aliphatic carbocycles. The van der Waals surface area contributed by atoms with Crippen LogP contribution in [0.25, 0.3) is 0 Å². The average molecular weight is 423 g/mol. The lowest BCUT2D eigenvalue weighted by Gasteiger charge is -2.31. The van der Waals surface area contributed by atoms with Crippen LogP contribution in [0.15, 0.2) is 71.8 Å². The van der Waals surface area contributed by atoms with E-state index in [1.54, 1.807) is 11.8 Å². The van der Waals surface area contributed by atoms with Gasteiger partial charge in [0.25, 0.3) is 0 Å². The molecule has 0 radical (unpaired) electrons. The fourth-order valence-electron chi connectivity index (χ4n) is 3.88. The number of esters is 3. The largest absolute Gasteiger partial charge is 0.466 e. The molecule has 1 aliphatic heterocycles. The highest BCUT2D eigenvalue weighted by molar-refractivity contribution is 6.07. The number of hydrogen-bond donors (Lipinski definition) is 0. The van der Waals surface area contributed by atoms with Crippen molar-refractivity contribution in [2.75, 3.05) is 20.8 Å². The minimum absolute atomic E-state index is 0.0578. The van der Waals surface area contributed by atoms with Gasteiger partial charge in [0.05, 0.1) is 38.0 Å². The normalized spacial score (nSPS) is 18.5. The van der Waals surface area contributed by atoms with E-state index in [0.717, 1.165) is 11.1 Å². The Hall–Kier alpha value is -3.45. The Bertz CT molecular complexity index is 970. The molecule has 0 aromatic heterocycles. The molecule has 0 amide bonds. The predicted octanol–water partition coefficient (Wildman–Crippen LogP) is 2.82. The summed E-state index contributed by atoms with van der Waals surface area (Å²) in [6.45, 7) is 2.11. The van der Waals surface area contributed by atoms with E-state index in [0.29, 0.717) is 6.54 Å². The number of carbonyl (C=O) groups excluding carboxylic acids is 3. The summed E-state index contributed by atoms with van der Waals surface area (Å²) in [6.07, 6.45) is 0. The molecule has 0 N–H and O–H groups in total. The van der Waals surface area contributed by atoms with E-state index >= 15 is 0 Å². The van der Waals surface area contributed by atoms with Crippen LogP contribution in [0, 0.1) is 0 Å². The van der Waals surface area contributed by atoms with Crippen molar-refractivity contribution in [3.8, 4) is 0 Å². The van der Waals surface area contributed by atoms with Crippen LogP contribution in [-0.4, -0.2) is 49.7 Å². The smallest absolute Gasteiger partial charge is 0.336 e. The van der Waals surface area contributed by atoms with Crippen LogP contribution in [0.4, 0.5) is 0 Å². The van der Waals surface area contributed by atoms with Crippen LogP contribution in [0.2, 0.25) is 0 Å². The lowest BCUT2D eigenvalue weighted by Crippen LogP contribution is -2.42. The molecule has 0 saturated carbocycles. The summed E-state index contributed by atoms with van der Waals surface area (Å²) in [6, 6.07) is 16.9. The minimum atomic E-state index is -1.12. The highest BCUT2D eigenvalue weighted by Gasteiger charge is 2.51. The summed E-state index contributed by atoms with van der Waals surface area (Å²) in [7, 11) is 2.45. The highest BCUT2D eigenvalue weighted by atomic mass is 16.5. The zero-order valence-corrected chi connectivity index (χ0v) is 17.7. The molecule has 3 rings (SSSR count).